The summed E-state index contributed by atoms with van der Waals surface area (Å²) in [5.41, 5.74) is -0.973. The summed E-state index contributed by atoms with van der Waals surface area (Å²) < 4.78 is 4.75. The molecule has 0 amide bonds. The maximum absolute atomic E-state index is 11.7. The maximum Gasteiger partial charge on any atom is 0.335 e. The minimum absolute atomic E-state index is 0.0875. The van der Waals surface area contributed by atoms with Gasteiger partial charge in [-0.2, -0.15) is 4.99 Å². The van der Waals surface area contributed by atoms with Gasteiger partial charge in [-0.1, -0.05) is 19.3 Å². The molecule has 0 radical (unpaired) electrons. The number of methoxy groups -OCH3 is 1. The van der Waals surface area contributed by atoms with Crippen molar-refractivity contribution in [1.29, 1.82) is 0 Å². The topological polar surface area (TPSA) is 55.7 Å². The van der Waals surface area contributed by atoms with E-state index in [1.807, 2.05) is 0 Å². The summed E-state index contributed by atoms with van der Waals surface area (Å²) in [6.45, 7) is 0. The lowest BCUT2D eigenvalue weighted by molar-refractivity contribution is -0.144. The summed E-state index contributed by atoms with van der Waals surface area (Å²) in [4.78, 5) is 25.8. The smallest absolute Gasteiger partial charge is 0.335 e. The van der Waals surface area contributed by atoms with Gasteiger partial charge < -0.3 is 4.74 Å². The molecule has 2 saturated carbocycles. The highest BCUT2D eigenvalue weighted by atomic mass is 16.5. The lowest BCUT2D eigenvalue weighted by Gasteiger charge is -2.24. The highest BCUT2D eigenvalue weighted by molar-refractivity contribution is 5.87. The zero-order valence-corrected chi connectivity index (χ0v) is 8.91. The van der Waals surface area contributed by atoms with Crippen molar-refractivity contribution in [2.45, 2.75) is 44.1 Å². The second-order valence-electron chi connectivity index (χ2n) is 4.57. The Morgan fingerprint density at radius 3 is 2.53 bits per heavy atom. The number of nitrogens with zero attached hydrogens (tertiary/aromatic N) is 1. The van der Waals surface area contributed by atoms with Gasteiger partial charge in [0.25, 0.3) is 0 Å². The van der Waals surface area contributed by atoms with Gasteiger partial charge in [-0.15, -0.1) is 0 Å². The van der Waals surface area contributed by atoms with E-state index >= 15 is 0 Å². The fourth-order valence-electron chi connectivity index (χ4n) is 3.00. The first-order valence-electron chi connectivity index (χ1n) is 5.38. The van der Waals surface area contributed by atoms with Crippen LogP contribution >= 0.6 is 0 Å². The maximum atomic E-state index is 11.7. The van der Waals surface area contributed by atoms with Crippen LogP contribution in [0.25, 0.3) is 0 Å². The van der Waals surface area contributed by atoms with Gasteiger partial charge in [-0.25, -0.2) is 9.59 Å². The van der Waals surface area contributed by atoms with Crippen LogP contribution in [0.2, 0.25) is 0 Å². The fourth-order valence-corrected chi connectivity index (χ4v) is 3.00. The number of hydrogen-bond donors (Lipinski definition) is 0. The molecule has 2 fully saturated rings. The Hall–Kier alpha value is -1.15. The third kappa shape index (κ3) is 1.32. The van der Waals surface area contributed by atoms with E-state index in [0.717, 1.165) is 25.7 Å². The SMILES string of the molecule is COC(=O)C1(N=C=O)CC12CCCCC2. The van der Waals surface area contributed by atoms with Crippen LogP contribution < -0.4 is 0 Å². The van der Waals surface area contributed by atoms with Crippen LogP contribution in [0.5, 0.6) is 0 Å². The molecule has 1 atom stereocenters. The molecule has 4 heteroatoms. The number of esters is 1. The van der Waals surface area contributed by atoms with E-state index in [0.29, 0.717) is 6.42 Å². The number of carbonyl (C=O) groups excluding carboxylic acids is 2. The first-order valence-corrected chi connectivity index (χ1v) is 5.38. The van der Waals surface area contributed by atoms with E-state index in [-0.39, 0.29) is 11.4 Å². The molecule has 82 valence electrons. The van der Waals surface area contributed by atoms with Crippen LogP contribution in [-0.4, -0.2) is 24.7 Å². The van der Waals surface area contributed by atoms with Crippen LogP contribution in [0.15, 0.2) is 4.99 Å². The average molecular weight is 209 g/mol. The lowest BCUT2D eigenvalue weighted by Crippen LogP contribution is -2.31. The molecular weight excluding hydrogens is 194 g/mol. The molecule has 0 N–H and O–H groups in total. The predicted octanol–water partition coefficient (Wildman–Crippen LogP) is 1.59. The molecule has 0 aromatic heterocycles. The van der Waals surface area contributed by atoms with E-state index in [9.17, 15) is 9.59 Å². The Morgan fingerprint density at radius 2 is 2.00 bits per heavy atom. The number of hydrogen-bond acceptors (Lipinski definition) is 4. The largest absolute Gasteiger partial charge is 0.467 e. The Kier molecular flexibility index (Phi) is 2.39. The zero-order valence-electron chi connectivity index (χ0n) is 8.91. The molecule has 0 bridgehead atoms. The fraction of sp³-hybridized carbons (Fsp3) is 0.818. The minimum atomic E-state index is -0.885. The molecule has 1 spiro atoms. The Bertz CT molecular complexity index is 327. The number of carbonyl (C=O) groups is 1. The van der Waals surface area contributed by atoms with Gasteiger partial charge in [-0.3, -0.25) is 0 Å². The summed E-state index contributed by atoms with van der Waals surface area (Å²) in [7, 11) is 1.35. The molecule has 0 aromatic rings. The zero-order chi connectivity index (χ0) is 10.9. The van der Waals surface area contributed by atoms with Gasteiger partial charge in [0.2, 0.25) is 6.08 Å². The summed E-state index contributed by atoms with van der Waals surface area (Å²) in [6.07, 6.45) is 7.61. The van der Waals surface area contributed by atoms with Crippen LogP contribution in [0.4, 0.5) is 0 Å². The van der Waals surface area contributed by atoms with E-state index < -0.39 is 5.54 Å². The first-order chi connectivity index (χ1) is 7.21. The predicted molar refractivity (Wildman–Crippen MR) is 53.0 cm³/mol. The third-order valence-electron chi connectivity index (χ3n) is 3.92. The Labute approximate surface area is 88.7 Å². The van der Waals surface area contributed by atoms with E-state index in [1.165, 1.54) is 19.6 Å². The number of rotatable bonds is 2. The monoisotopic (exact) mass is 209 g/mol. The normalized spacial score (nSPS) is 31.8. The van der Waals surface area contributed by atoms with Crippen LogP contribution in [-0.2, 0) is 14.3 Å². The molecule has 1 unspecified atom stereocenters. The standard InChI is InChI=1S/C11H15NO3/c1-15-9(14)11(12-8-13)7-10(11)5-3-2-4-6-10/h2-7H2,1H3. The quantitative estimate of drug-likeness (QED) is 0.394. The molecule has 2 aliphatic carbocycles. The third-order valence-corrected chi connectivity index (χ3v) is 3.92. The molecule has 4 nitrogen and oxygen atoms in total. The summed E-state index contributed by atoms with van der Waals surface area (Å²) in [6, 6.07) is 0. The number of isocyanates is 1. The van der Waals surface area contributed by atoms with Crippen molar-refractivity contribution in [3.63, 3.8) is 0 Å². The van der Waals surface area contributed by atoms with Crippen molar-refractivity contribution >= 4 is 12.0 Å². The van der Waals surface area contributed by atoms with Crippen molar-refractivity contribution in [3.8, 4) is 0 Å². The van der Waals surface area contributed by atoms with Gasteiger partial charge in [0.15, 0.2) is 5.54 Å². The van der Waals surface area contributed by atoms with Crippen LogP contribution in [0.1, 0.15) is 38.5 Å². The number of ether oxygens (including phenoxy) is 1. The second-order valence-corrected chi connectivity index (χ2v) is 4.57. The van der Waals surface area contributed by atoms with E-state index in [4.69, 9.17) is 4.74 Å². The molecule has 2 rings (SSSR count). The highest BCUT2D eigenvalue weighted by Crippen LogP contribution is 2.66. The van der Waals surface area contributed by atoms with Crippen molar-refractivity contribution in [2.24, 2.45) is 10.4 Å². The van der Waals surface area contributed by atoms with Crippen molar-refractivity contribution in [1.82, 2.24) is 0 Å². The Balaban J connectivity index is 2.24. The highest BCUT2D eigenvalue weighted by Gasteiger charge is 2.73. The molecular formula is C11H15NO3. The molecule has 0 heterocycles. The summed E-state index contributed by atoms with van der Waals surface area (Å²) in [5.74, 6) is -0.368. The first kappa shape index (κ1) is 10.4. The molecule has 0 aromatic carbocycles. The van der Waals surface area contributed by atoms with Gasteiger partial charge in [0.05, 0.1) is 7.11 Å². The minimum Gasteiger partial charge on any atom is -0.467 e. The van der Waals surface area contributed by atoms with Gasteiger partial charge >= 0.3 is 5.97 Å². The summed E-state index contributed by atoms with van der Waals surface area (Å²) in [5, 5.41) is 0. The van der Waals surface area contributed by atoms with E-state index in [1.54, 1.807) is 0 Å². The lowest BCUT2D eigenvalue weighted by atomic mass is 9.82. The molecule has 0 saturated heterocycles. The van der Waals surface area contributed by atoms with Gasteiger partial charge in [-0.05, 0) is 19.3 Å². The van der Waals surface area contributed by atoms with Crippen LogP contribution in [0, 0.1) is 5.41 Å². The Morgan fingerprint density at radius 1 is 1.33 bits per heavy atom. The second kappa shape index (κ2) is 3.46. The van der Waals surface area contributed by atoms with Crippen molar-refractivity contribution in [2.75, 3.05) is 7.11 Å². The molecule has 0 aliphatic heterocycles. The number of aliphatic imine (C=N–C) groups is 1. The van der Waals surface area contributed by atoms with Crippen molar-refractivity contribution < 1.29 is 14.3 Å². The molecule has 2 aliphatic rings. The molecule has 15 heavy (non-hydrogen) atoms. The van der Waals surface area contributed by atoms with Gasteiger partial charge in [0, 0.05) is 5.41 Å². The van der Waals surface area contributed by atoms with Crippen molar-refractivity contribution in [3.05, 3.63) is 0 Å². The van der Waals surface area contributed by atoms with Crippen LogP contribution in [0.3, 0.4) is 0 Å². The average Bonchev–Trinajstić information content (AvgIpc) is 2.87. The van der Waals surface area contributed by atoms with E-state index in [2.05, 4.69) is 4.99 Å². The summed E-state index contributed by atoms with van der Waals surface area (Å²) >= 11 is 0. The van der Waals surface area contributed by atoms with Gasteiger partial charge in [0.1, 0.15) is 0 Å².